The Kier molecular flexibility index (Phi) is 9.11. The monoisotopic (exact) mass is 693 g/mol. The van der Waals surface area contributed by atoms with Crippen LogP contribution in [0, 0.1) is 11.3 Å². The molecule has 0 aromatic carbocycles. The van der Waals surface area contributed by atoms with Crippen molar-refractivity contribution < 1.29 is 44.5 Å². The summed E-state index contributed by atoms with van der Waals surface area (Å²) in [6.07, 6.45) is -1.06. The van der Waals surface area contributed by atoms with Crippen molar-refractivity contribution in [3.8, 4) is 0 Å². The molecule has 12 nitrogen and oxygen atoms in total. The number of halogens is 3. The lowest BCUT2D eigenvalue weighted by Gasteiger charge is -2.34. The van der Waals surface area contributed by atoms with Crippen LogP contribution in [0.4, 0.5) is 19.0 Å². The number of aliphatic carboxylic acids is 1. The Hall–Kier alpha value is -3.41. The van der Waals surface area contributed by atoms with E-state index >= 15 is 0 Å². The molecule has 3 aromatic rings. The van der Waals surface area contributed by atoms with Crippen molar-refractivity contribution in [2.75, 3.05) is 39.3 Å². The molecule has 0 saturated heterocycles. The summed E-state index contributed by atoms with van der Waals surface area (Å²) in [6, 6.07) is 4.05. The quantitative estimate of drug-likeness (QED) is 0.293. The third kappa shape index (κ3) is 10.0. The van der Waals surface area contributed by atoms with Crippen LogP contribution in [0.5, 0.6) is 0 Å². The second-order valence-corrected chi connectivity index (χ2v) is 14.7. The lowest BCUT2D eigenvalue weighted by molar-refractivity contribution is -0.192. The molecule has 0 unspecified atom stereocenters. The normalized spacial score (nSPS) is 18.5. The summed E-state index contributed by atoms with van der Waals surface area (Å²) >= 11 is 1.14. The Morgan fingerprint density at radius 2 is 1.87 bits per heavy atom. The average Bonchev–Trinajstić information content (AvgIpc) is 3.40. The Morgan fingerprint density at radius 3 is 2.41 bits per heavy atom. The van der Waals surface area contributed by atoms with Crippen LogP contribution in [-0.4, -0.2) is 90.3 Å². The van der Waals surface area contributed by atoms with Crippen LogP contribution in [0.1, 0.15) is 74.5 Å². The summed E-state index contributed by atoms with van der Waals surface area (Å²) in [7, 11) is -1.10. The lowest BCUT2D eigenvalue weighted by atomic mass is 9.71. The predicted octanol–water partition coefficient (Wildman–Crippen LogP) is 4.51. The number of rotatable bonds is 9. The number of hydrogen-bond acceptors (Lipinski definition) is 9. The summed E-state index contributed by atoms with van der Waals surface area (Å²) < 4.78 is 106. The molecule has 0 aliphatic heterocycles. The molecular formula is C29H40F3N7O5S2. The van der Waals surface area contributed by atoms with E-state index in [-0.39, 0.29) is 22.7 Å². The second-order valence-electron chi connectivity index (χ2n) is 11.9. The number of hydrogen-bond donors (Lipinski definition) is 3. The average molecular weight is 694 g/mol. The molecular weight excluding hydrogens is 647 g/mol. The molecule has 3 N–H and O–H groups in total. The van der Waals surface area contributed by atoms with Crippen LogP contribution in [0.25, 0.3) is 10.3 Å². The van der Waals surface area contributed by atoms with Crippen LogP contribution in [0.3, 0.4) is 0 Å². The maximum absolute atomic E-state index is 13.5. The summed E-state index contributed by atoms with van der Waals surface area (Å²) in [6.45, 7) is 0.480. The highest BCUT2D eigenvalue weighted by molar-refractivity contribution is 7.90. The number of carbonyl (C=O) groups is 2. The van der Waals surface area contributed by atoms with Gasteiger partial charge in [-0.2, -0.15) is 25.9 Å². The van der Waals surface area contributed by atoms with Crippen molar-refractivity contribution >= 4 is 49.6 Å². The van der Waals surface area contributed by atoms with Crippen LogP contribution in [0.2, 0.25) is 0 Å². The van der Waals surface area contributed by atoms with Crippen LogP contribution in [0.15, 0.2) is 24.4 Å². The summed E-state index contributed by atoms with van der Waals surface area (Å²) in [4.78, 5) is 37.0. The van der Waals surface area contributed by atoms with Crippen molar-refractivity contribution in [2.45, 2.75) is 58.7 Å². The molecule has 0 saturated carbocycles. The standard InChI is InChI=1S/C27H39N7O3S2.C2HF3O2/c1-27(2,3)19-9-10-20-18(14-19)15-22-25(30-20)38-26(31-22)24(35)29-21(12-13-33(4)5)17-8-11-23(28-16-17)32-39(36,37)34(6)7;3-2(4,5)1(6)7/h8,11,15-16,19,21H,9-10,12-14H2,1-7H3,(H,28,32)(H,29,35);(H,6,7)/t19-,21+;/m0./s1/i4D3,5D3;. The number of pyridine rings is 2. The highest BCUT2D eigenvalue weighted by Crippen LogP contribution is 2.38. The van der Waals surface area contributed by atoms with E-state index < -0.39 is 54.8 Å². The zero-order chi connectivity index (χ0) is 39.6. The van der Waals surface area contributed by atoms with E-state index in [9.17, 15) is 26.4 Å². The molecule has 1 amide bonds. The van der Waals surface area contributed by atoms with Gasteiger partial charge in [-0.15, -0.1) is 0 Å². The molecule has 1 aliphatic rings. The van der Waals surface area contributed by atoms with Gasteiger partial charge in [-0.05, 0) is 80.8 Å². The third-order valence-electron chi connectivity index (χ3n) is 7.26. The first-order valence-electron chi connectivity index (χ1n) is 16.9. The zero-order valence-electron chi connectivity index (χ0n) is 31.8. The molecule has 254 valence electrons. The third-order valence-corrected chi connectivity index (χ3v) is 9.65. The first-order chi connectivity index (χ1) is 23.6. The minimum absolute atomic E-state index is 0.0269. The van der Waals surface area contributed by atoms with Gasteiger partial charge in [-0.25, -0.2) is 19.7 Å². The van der Waals surface area contributed by atoms with Crippen LogP contribution < -0.4 is 10.0 Å². The smallest absolute Gasteiger partial charge is 0.475 e. The fourth-order valence-electron chi connectivity index (χ4n) is 4.54. The zero-order valence-corrected chi connectivity index (χ0v) is 27.4. The number of amides is 1. The van der Waals surface area contributed by atoms with E-state index in [2.05, 4.69) is 40.8 Å². The minimum atomic E-state index is -5.08. The molecule has 1 aliphatic carbocycles. The van der Waals surface area contributed by atoms with Gasteiger partial charge in [-0.3, -0.25) is 9.52 Å². The summed E-state index contributed by atoms with van der Waals surface area (Å²) in [5.74, 6) is -2.76. The summed E-state index contributed by atoms with van der Waals surface area (Å²) in [5, 5.41) is 10.1. The SMILES string of the molecule is O=C(O)C(F)(F)F.[2H]C([2H])([2H])N(CC[C@@H](NC(=O)c1nc2cc3c(nc2s1)CC[C@H](C(C)(C)C)C3)c1ccc(NS(=O)(=O)N(C)C)nc1)C([2H])([2H])[2H]. The molecule has 0 spiro atoms. The highest BCUT2D eigenvalue weighted by atomic mass is 32.2. The predicted molar refractivity (Wildman–Crippen MR) is 170 cm³/mol. The topological polar surface area (TPSA) is 158 Å². The van der Waals surface area contributed by atoms with Gasteiger partial charge < -0.3 is 15.3 Å². The number of anilines is 1. The number of aryl methyl sites for hydroxylation is 1. The largest absolute Gasteiger partial charge is 0.490 e. The highest BCUT2D eigenvalue weighted by Gasteiger charge is 2.38. The number of alkyl halides is 3. The van der Waals surface area contributed by atoms with Gasteiger partial charge in [0.1, 0.15) is 16.2 Å². The van der Waals surface area contributed by atoms with E-state index in [0.29, 0.717) is 26.7 Å². The Labute approximate surface area is 279 Å². The van der Waals surface area contributed by atoms with Crippen molar-refractivity contribution in [1.82, 2.24) is 29.5 Å². The number of nitrogens with one attached hydrogen (secondary N) is 2. The van der Waals surface area contributed by atoms with Crippen molar-refractivity contribution in [3.05, 3.63) is 46.2 Å². The first kappa shape index (κ1) is 28.8. The van der Waals surface area contributed by atoms with Crippen LogP contribution in [-0.2, 0) is 27.8 Å². The van der Waals surface area contributed by atoms with Gasteiger partial charge in [0.05, 0.1) is 6.04 Å². The van der Waals surface area contributed by atoms with E-state index in [1.807, 2.05) is 6.07 Å². The molecule has 17 heteroatoms. The lowest BCUT2D eigenvalue weighted by Crippen LogP contribution is -2.31. The summed E-state index contributed by atoms with van der Waals surface area (Å²) in [5.41, 5.74) is 3.34. The molecule has 3 heterocycles. The van der Waals surface area contributed by atoms with Crippen LogP contribution >= 0.6 is 11.3 Å². The van der Waals surface area contributed by atoms with Gasteiger partial charge in [0, 0.05) is 34.2 Å². The maximum atomic E-state index is 13.5. The molecule has 0 fully saturated rings. The second kappa shape index (κ2) is 14.6. The van der Waals surface area contributed by atoms with Gasteiger partial charge in [0.2, 0.25) is 0 Å². The van der Waals surface area contributed by atoms with Gasteiger partial charge in [0.15, 0.2) is 5.01 Å². The maximum Gasteiger partial charge on any atom is 0.490 e. The van der Waals surface area contributed by atoms with E-state index in [0.717, 1.165) is 46.2 Å². The van der Waals surface area contributed by atoms with Crippen molar-refractivity contribution in [2.24, 2.45) is 11.3 Å². The number of nitrogens with zero attached hydrogens (tertiary/aromatic N) is 5. The van der Waals surface area contributed by atoms with E-state index in [1.165, 1.54) is 32.4 Å². The van der Waals surface area contributed by atoms with Gasteiger partial charge >= 0.3 is 22.4 Å². The number of carboxylic acids is 1. The molecule has 0 radical (unpaired) electrons. The molecule has 4 rings (SSSR count). The minimum Gasteiger partial charge on any atom is -0.475 e. The van der Waals surface area contributed by atoms with Gasteiger partial charge in [-0.1, -0.05) is 38.2 Å². The van der Waals surface area contributed by atoms with Crippen molar-refractivity contribution in [1.29, 1.82) is 0 Å². The van der Waals surface area contributed by atoms with Gasteiger partial charge in [0.25, 0.3) is 5.91 Å². The fraction of sp³-hybridized carbons (Fsp3) is 0.552. The molecule has 2 atom stereocenters. The van der Waals surface area contributed by atoms with E-state index in [1.54, 1.807) is 0 Å². The number of carbonyl (C=O) groups excluding carboxylic acids is 1. The molecule has 3 aromatic heterocycles. The Balaban J connectivity index is 0.000000944. The number of fused-ring (bicyclic) bond motifs is 2. The Morgan fingerprint density at radius 1 is 1.20 bits per heavy atom. The van der Waals surface area contributed by atoms with E-state index in [4.69, 9.17) is 23.1 Å². The molecule has 0 bridgehead atoms. The Bertz CT molecular complexity index is 1840. The first-order valence-corrected chi connectivity index (χ1v) is 16.2. The number of carboxylic acid groups (broad SMARTS) is 1. The fourth-order valence-corrected chi connectivity index (χ4v) is 5.96. The molecule has 46 heavy (non-hydrogen) atoms. The number of aromatic nitrogens is 3. The van der Waals surface area contributed by atoms with Crippen molar-refractivity contribution in [3.63, 3.8) is 0 Å². The number of thiazole rings is 1.